The molecule has 1 aromatic carbocycles. The fraction of sp³-hybridized carbons (Fsp3) is 0.550. The van der Waals surface area contributed by atoms with E-state index in [9.17, 15) is 18.0 Å². The van der Waals surface area contributed by atoms with Gasteiger partial charge in [0.1, 0.15) is 0 Å². The minimum Gasteiger partial charge on any atom is -0.341 e. The SMILES string of the molecule is O=C(CCC1CCCC1)N1CC(c2nc(-c3cccc(C(F)(F)F)c3)no2)C1. The molecule has 2 aliphatic rings. The number of likely N-dealkylation sites (tertiary alicyclic amines) is 1. The minimum atomic E-state index is -4.42. The van der Waals surface area contributed by atoms with Gasteiger partial charge >= 0.3 is 6.18 Å². The van der Waals surface area contributed by atoms with E-state index in [0.717, 1.165) is 18.6 Å². The number of aromatic nitrogens is 2. The zero-order valence-electron chi connectivity index (χ0n) is 15.4. The van der Waals surface area contributed by atoms with E-state index in [4.69, 9.17) is 4.52 Å². The van der Waals surface area contributed by atoms with Gasteiger partial charge < -0.3 is 9.42 Å². The van der Waals surface area contributed by atoms with Crippen LogP contribution in [0.2, 0.25) is 0 Å². The van der Waals surface area contributed by atoms with Crippen LogP contribution in [0.15, 0.2) is 28.8 Å². The molecule has 1 aliphatic carbocycles. The second-order valence-electron chi connectivity index (χ2n) is 7.72. The summed E-state index contributed by atoms with van der Waals surface area (Å²) in [6.45, 7) is 1.04. The third kappa shape index (κ3) is 4.05. The van der Waals surface area contributed by atoms with Gasteiger partial charge in [-0.1, -0.05) is 43.0 Å². The number of hydrogen-bond donors (Lipinski definition) is 0. The molecular formula is C20H22F3N3O2. The summed E-state index contributed by atoms with van der Waals surface area (Å²) in [7, 11) is 0. The molecule has 1 aromatic heterocycles. The first-order chi connectivity index (χ1) is 13.4. The summed E-state index contributed by atoms with van der Waals surface area (Å²) in [6.07, 6.45) is 2.13. The van der Waals surface area contributed by atoms with Crippen molar-refractivity contribution in [1.82, 2.24) is 15.0 Å². The third-order valence-electron chi connectivity index (χ3n) is 5.71. The summed E-state index contributed by atoms with van der Waals surface area (Å²) in [5.74, 6) is 1.29. The van der Waals surface area contributed by atoms with Crippen LogP contribution in [0, 0.1) is 5.92 Å². The van der Waals surface area contributed by atoms with E-state index in [-0.39, 0.29) is 23.2 Å². The van der Waals surface area contributed by atoms with Crippen LogP contribution in [0.4, 0.5) is 13.2 Å². The van der Waals surface area contributed by atoms with Crippen molar-refractivity contribution in [1.29, 1.82) is 0 Å². The molecular weight excluding hydrogens is 371 g/mol. The van der Waals surface area contributed by atoms with Crippen LogP contribution >= 0.6 is 0 Å². The molecule has 1 aliphatic heterocycles. The number of amides is 1. The van der Waals surface area contributed by atoms with Crippen LogP contribution in [0.3, 0.4) is 0 Å². The smallest absolute Gasteiger partial charge is 0.341 e. The molecule has 1 amide bonds. The second kappa shape index (κ2) is 7.56. The average Bonchev–Trinajstić information content (AvgIpc) is 3.30. The number of nitrogens with zero attached hydrogens (tertiary/aromatic N) is 3. The van der Waals surface area contributed by atoms with Crippen LogP contribution in [-0.4, -0.2) is 34.0 Å². The Balaban J connectivity index is 1.33. The summed E-state index contributed by atoms with van der Waals surface area (Å²) in [5, 5.41) is 3.81. The number of carbonyl (C=O) groups excluding carboxylic acids is 1. The maximum Gasteiger partial charge on any atom is 0.416 e. The van der Waals surface area contributed by atoms with Crippen LogP contribution in [0.1, 0.15) is 55.9 Å². The van der Waals surface area contributed by atoms with Crippen LogP contribution < -0.4 is 0 Å². The second-order valence-corrected chi connectivity index (χ2v) is 7.72. The average molecular weight is 393 g/mol. The molecule has 2 fully saturated rings. The van der Waals surface area contributed by atoms with Gasteiger partial charge in [0.15, 0.2) is 0 Å². The van der Waals surface area contributed by atoms with Gasteiger partial charge in [0, 0.05) is 25.1 Å². The highest BCUT2D eigenvalue weighted by atomic mass is 19.4. The van der Waals surface area contributed by atoms with Crippen molar-refractivity contribution in [2.45, 2.75) is 50.6 Å². The summed E-state index contributed by atoms with van der Waals surface area (Å²) in [6, 6.07) is 4.85. The van der Waals surface area contributed by atoms with Gasteiger partial charge in [-0.2, -0.15) is 18.2 Å². The van der Waals surface area contributed by atoms with Crippen LogP contribution in [0.5, 0.6) is 0 Å². The molecule has 1 saturated carbocycles. The van der Waals surface area contributed by atoms with Crippen molar-refractivity contribution in [2.24, 2.45) is 5.92 Å². The van der Waals surface area contributed by atoms with E-state index in [1.165, 1.54) is 37.8 Å². The van der Waals surface area contributed by atoms with E-state index < -0.39 is 11.7 Å². The standard InChI is InChI=1S/C20H22F3N3O2/c21-20(22,23)16-7-3-6-14(10-16)18-24-19(28-25-18)15-11-26(12-15)17(27)9-8-13-4-1-2-5-13/h3,6-7,10,13,15H,1-2,4-5,8-9,11-12H2. The Morgan fingerprint density at radius 2 is 1.96 bits per heavy atom. The molecule has 5 nitrogen and oxygen atoms in total. The first-order valence-electron chi connectivity index (χ1n) is 9.69. The first-order valence-corrected chi connectivity index (χ1v) is 9.69. The lowest BCUT2D eigenvalue weighted by atomic mass is 9.97. The zero-order chi connectivity index (χ0) is 19.7. The number of rotatable bonds is 5. The number of alkyl halides is 3. The predicted molar refractivity (Wildman–Crippen MR) is 95.2 cm³/mol. The Morgan fingerprint density at radius 1 is 1.21 bits per heavy atom. The van der Waals surface area contributed by atoms with Gasteiger partial charge in [-0.3, -0.25) is 4.79 Å². The normalized spacial score (nSPS) is 18.5. The highest BCUT2D eigenvalue weighted by molar-refractivity contribution is 5.77. The number of halogens is 3. The minimum absolute atomic E-state index is 0.0533. The Kier molecular flexibility index (Phi) is 5.12. The lowest BCUT2D eigenvalue weighted by Crippen LogP contribution is -2.48. The van der Waals surface area contributed by atoms with E-state index in [2.05, 4.69) is 10.1 Å². The van der Waals surface area contributed by atoms with E-state index in [0.29, 0.717) is 31.3 Å². The summed E-state index contributed by atoms with van der Waals surface area (Å²) in [5.41, 5.74) is -0.493. The summed E-state index contributed by atoms with van der Waals surface area (Å²) >= 11 is 0. The Hall–Kier alpha value is -2.38. The third-order valence-corrected chi connectivity index (χ3v) is 5.71. The maximum absolute atomic E-state index is 12.9. The fourth-order valence-electron chi connectivity index (χ4n) is 3.98. The largest absolute Gasteiger partial charge is 0.416 e. The molecule has 150 valence electrons. The molecule has 0 N–H and O–H groups in total. The predicted octanol–water partition coefficient (Wildman–Crippen LogP) is 4.65. The Bertz CT molecular complexity index is 837. The Labute approximate surface area is 160 Å². The van der Waals surface area contributed by atoms with Crippen molar-refractivity contribution in [3.63, 3.8) is 0 Å². The van der Waals surface area contributed by atoms with Crippen molar-refractivity contribution in [3.8, 4) is 11.4 Å². The number of benzene rings is 1. The summed E-state index contributed by atoms with van der Waals surface area (Å²) in [4.78, 5) is 18.3. The first kappa shape index (κ1) is 19.0. The molecule has 2 aromatic rings. The van der Waals surface area contributed by atoms with Gasteiger partial charge in [-0.15, -0.1) is 0 Å². The highest BCUT2D eigenvalue weighted by Crippen LogP contribution is 2.33. The molecule has 0 unspecified atom stereocenters. The molecule has 28 heavy (non-hydrogen) atoms. The van der Waals surface area contributed by atoms with E-state index >= 15 is 0 Å². The molecule has 0 radical (unpaired) electrons. The molecule has 8 heteroatoms. The molecule has 1 saturated heterocycles. The molecule has 0 spiro atoms. The lowest BCUT2D eigenvalue weighted by Gasteiger charge is -2.37. The zero-order valence-corrected chi connectivity index (χ0v) is 15.4. The quantitative estimate of drug-likeness (QED) is 0.742. The lowest BCUT2D eigenvalue weighted by molar-refractivity contribution is -0.138. The van der Waals surface area contributed by atoms with Crippen molar-refractivity contribution in [2.75, 3.05) is 13.1 Å². The molecule has 0 atom stereocenters. The molecule has 4 rings (SSSR count). The summed E-state index contributed by atoms with van der Waals surface area (Å²) < 4.78 is 43.8. The van der Waals surface area contributed by atoms with Gasteiger partial charge in [-0.05, 0) is 24.5 Å². The van der Waals surface area contributed by atoms with Gasteiger partial charge in [0.2, 0.25) is 17.6 Å². The van der Waals surface area contributed by atoms with Gasteiger partial charge in [0.25, 0.3) is 0 Å². The number of carbonyl (C=O) groups is 1. The van der Waals surface area contributed by atoms with Crippen molar-refractivity contribution >= 4 is 5.91 Å². The van der Waals surface area contributed by atoms with Crippen LogP contribution in [0.25, 0.3) is 11.4 Å². The molecule has 2 heterocycles. The van der Waals surface area contributed by atoms with Gasteiger partial charge in [0.05, 0.1) is 11.5 Å². The van der Waals surface area contributed by atoms with Crippen molar-refractivity contribution < 1.29 is 22.5 Å². The number of hydrogen-bond acceptors (Lipinski definition) is 4. The molecule has 0 bridgehead atoms. The van der Waals surface area contributed by atoms with E-state index in [1.54, 1.807) is 4.90 Å². The van der Waals surface area contributed by atoms with Gasteiger partial charge in [-0.25, -0.2) is 0 Å². The highest BCUT2D eigenvalue weighted by Gasteiger charge is 2.36. The van der Waals surface area contributed by atoms with Crippen LogP contribution in [-0.2, 0) is 11.0 Å². The Morgan fingerprint density at radius 3 is 2.68 bits per heavy atom. The fourth-order valence-corrected chi connectivity index (χ4v) is 3.98. The monoisotopic (exact) mass is 393 g/mol. The maximum atomic E-state index is 12.9. The topological polar surface area (TPSA) is 59.2 Å². The van der Waals surface area contributed by atoms with Crippen molar-refractivity contribution in [3.05, 3.63) is 35.7 Å². The van der Waals surface area contributed by atoms with E-state index in [1.807, 2.05) is 0 Å².